The van der Waals surface area contributed by atoms with Gasteiger partial charge in [-0.3, -0.25) is 0 Å². The van der Waals surface area contributed by atoms with Crippen molar-refractivity contribution in [2.24, 2.45) is 0 Å². The third kappa shape index (κ3) is 3.97. The van der Waals surface area contributed by atoms with Gasteiger partial charge in [0.1, 0.15) is 17.1 Å². The highest BCUT2D eigenvalue weighted by molar-refractivity contribution is 5.69. The topological polar surface area (TPSA) is 87.2 Å². The Morgan fingerprint density at radius 2 is 1.88 bits per heavy atom. The molecule has 1 aliphatic heterocycles. The summed E-state index contributed by atoms with van der Waals surface area (Å²) in [5.74, 6) is 2.60. The summed E-state index contributed by atoms with van der Waals surface area (Å²) in [6.07, 6.45) is 8.93. The Hall–Kier alpha value is -3.91. The quantitative estimate of drug-likeness (QED) is 0.471. The maximum absolute atomic E-state index is 11.6. The number of aliphatic hydroxyl groups is 1. The zero-order chi connectivity index (χ0) is 23.7. The molecule has 0 fully saturated rings. The van der Waals surface area contributed by atoms with E-state index in [1.165, 1.54) is 0 Å². The van der Waals surface area contributed by atoms with Gasteiger partial charge in [0.05, 0.1) is 31.9 Å². The lowest BCUT2D eigenvalue weighted by Gasteiger charge is -2.31. The van der Waals surface area contributed by atoms with Crippen molar-refractivity contribution >= 4 is 12.2 Å². The summed E-state index contributed by atoms with van der Waals surface area (Å²) in [4.78, 5) is 8.98. The molecule has 0 spiro atoms. The van der Waals surface area contributed by atoms with Crippen molar-refractivity contribution in [3.8, 4) is 17.2 Å². The van der Waals surface area contributed by atoms with Crippen LogP contribution in [0.1, 0.15) is 41.3 Å². The highest BCUT2D eigenvalue weighted by atomic mass is 16.5. The van der Waals surface area contributed by atoms with Crippen molar-refractivity contribution in [1.82, 2.24) is 24.3 Å². The van der Waals surface area contributed by atoms with Crippen LogP contribution in [0.15, 0.2) is 55.0 Å². The molecule has 0 aliphatic carbocycles. The fourth-order valence-electron chi connectivity index (χ4n) is 4.36. The van der Waals surface area contributed by atoms with E-state index in [1.807, 2.05) is 72.3 Å². The molecule has 5 rings (SSSR count). The summed E-state index contributed by atoms with van der Waals surface area (Å²) < 4.78 is 14.6. The summed E-state index contributed by atoms with van der Waals surface area (Å²) >= 11 is 0. The minimum atomic E-state index is -1.18. The summed E-state index contributed by atoms with van der Waals surface area (Å²) in [6.45, 7) is 2.68. The van der Waals surface area contributed by atoms with Gasteiger partial charge >= 0.3 is 0 Å². The van der Waals surface area contributed by atoms with Gasteiger partial charge < -0.3 is 19.1 Å². The van der Waals surface area contributed by atoms with Gasteiger partial charge in [-0.15, -0.1) is 0 Å². The number of hydrogen-bond acceptors (Lipinski definition) is 6. The summed E-state index contributed by atoms with van der Waals surface area (Å²) in [5.41, 5.74) is 2.41. The van der Waals surface area contributed by atoms with E-state index >= 15 is 0 Å². The van der Waals surface area contributed by atoms with Crippen molar-refractivity contribution in [2.45, 2.75) is 31.9 Å². The van der Waals surface area contributed by atoms with E-state index < -0.39 is 5.60 Å². The monoisotopic (exact) mass is 457 g/mol. The molecule has 34 heavy (non-hydrogen) atoms. The number of rotatable bonds is 6. The smallest absolute Gasteiger partial charge is 0.174 e. The number of aromatic nitrogens is 5. The molecule has 174 valence electrons. The Bertz CT molecular complexity index is 1340. The van der Waals surface area contributed by atoms with Crippen LogP contribution >= 0.6 is 0 Å². The standard InChI is InChI=1S/C26H27N5O3/c1-18-16-30(17-27-18)22-11-5-19(15-23(22)34-3)6-12-24-28-25-26(32,13-4-14-31(25)29-24)20-7-9-21(33-2)10-8-20/h5-12,15-17,32H,4,13-14H2,1-3H3/b12-6+. The number of methoxy groups -OCH3 is 2. The first-order chi connectivity index (χ1) is 16.5. The van der Waals surface area contributed by atoms with E-state index in [4.69, 9.17) is 9.47 Å². The van der Waals surface area contributed by atoms with Gasteiger partial charge in [0, 0.05) is 12.7 Å². The molecule has 1 atom stereocenters. The molecule has 0 saturated carbocycles. The first kappa shape index (κ1) is 21.9. The number of fused-ring (bicyclic) bond motifs is 1. The van der Waals surface area contributed by atoms with Crippen molar-refractivity contribution in [1.29, 1.82) is 0 Å². The van der Waals surface area contributed by atoms with Gasteiger partial charge in [-0.25, -0.2) is 14.6 Å². The maximum Gasteiger partial charge on any atom is 0.174 e. The van der Waals surface area contributed by atoms with Crippen molar-refractivity contribution in [3.05, 3.63) is 83.5 Å². The van der Waals surface area contributed by atoms with Gasteiger partial charge in [0.2, 0.25) is 0 Å². The van der Waals surface area contributed by atoms with Crippen LogP contribution in [0.3, 0.4) is 0 Å². The molecule has 1 aliphatic rings. The zero-order valence-corrected chi connectivity index (χ0v) is 19.5. The summed E-state index contributed by atoms with van der Waals surface area (Å²) in [7, 11) is 3.28. The van der Waals surface area contributed by atoms with E-state index in [0.29, 0.717) is 18.1 Å². The molecule has 2 aromatic heterocycles. The van der Waals surface area contributed by atoms with E-state index in [2.05, 4.69) is 15.1 Å². The first-order valence-electron chi connectivity index (χ1n) is 11.2. The minimum Gasteiger partial charge on any atom is -0.497 e. The SMILES string of the molecule is COc1ccc(C2(O)CCCn3nc(/C=C/c4ccc(-n5cnc(C)c5)c(OC)c4)nc32)cc1. The molecule has 8 heteroatoms. The molecule has 8 nitrogen and oxygen atoms in total. The second-order valence-electron chi connectivity index (χ2n) is 8.40. The highest BCUT2D eigenvalue weighted by Gasteiger charge is 2.39. The maximum atomic E-state index is 11.6. The molecule has 3 heterocycles. The van der Waals surface area contributed by atoms with Crippen LogP contribution in [-0.4, -0.2) is 43.6 Å². The van der Waals surface area contributed by atoms with Gasteiger partial charge in [-0.1, -0.05) is 24.3 Å². The fourth-order valence-corrected chi connectivity index (χ4v) is 4.36. The average molecular weight is 458 g/mol. The number of hydrogen-bond donors (Lipinski definition) is 1. The average Bonchev–Trinajstić information content (AvgIpc) is 3.49. The lowest BCUT2D eigenvalue weighted by molar-refractivity contribution is 0.0395. The third-order valence-electron chi connectivity index (χ3n) is 6.15. The Balaban J connectivity index is 1.42. The second-order valence-corrected chi connectivity index (χ2v) is 8.40. The molecule has 0 radical (unpaired) electrons. The zero-order valence-electron chi connectivity index (χ0n) is 19.5. The van der Waals surface area contributed by atoms with E-state index in [9.17, 15) is 5.11 Å². The largest absolute Gasteiger partial charge is 0.497 e. The van der Waals surface area contributed by atoms with E-state index in [-0.39, 0.29) is 0 Å². The fraction of sp³-hybridized carbons (Fsp3) is 0.269. The summed E-state index contributed by atoms with van der Waals surface area (Å²) in [6, 6.07) is 13.4. The predicted octanol–water partition coefficient (Wildman–Crippen LogP) is 3.99. The minimum absolute atomic E-state index is 0.553. The lowest BCUT2D eigenvalue weighted by Crippen LogP contribution is -2.35. The number of ether oxygens (including phenoxy) is 2. The molecule has 4 aromatic rings. The summed E-state index contributed by atoms with van der Waals surface area (Å²) in [5, 5.41) is 16.2. The number of aryl methyl sites for hydroxylation is 2. The second kappa shape index (κ2) is 8.79. The first-order valence-corrected chi connectivity index (χ1v) is 11.2. The molecule has 0 amide bonds. The molecule has 0 bridgehead atoms. The van der Waals surface area contributed by atoms with Gasteiger partial charge in [0.15, 0.2) is 11.6 Å². The number of benzene rings is 2. The Kier molecular flexibility index (Phi) is 5.67. The molecular weight excluding hydrogens is 430 g/mol. The molecule has 1 N–H and O–H groups in total. The van der Waals surface area contributed by atoms with Crippen LogP contribution in [0.4, 0.5) is 0 Å². The normalized spacial score (nSPS) is 17.6. The highest BCUT2D eigenvalue weighted by Crippen LogP contribution is 2.37. The van der Waals surface area contributed by atoms with E-state index in [1.54, 1.807) is 25.2 Å². The van der Waals surface area contributed by atoms with Crippen LogP contribution < -0.4 is 9.47 Å². The number of nitrogens with zero attached hydrogens (tertiary/aromatic N) is 5. The Morgan fingerprint density at radius 1 is 1.06 bits per heavy atom. The molecule has 0 saturated heterocycles. The van der Waals surface area contributed by atoms with Gasteiger partial charge in [-0.05, 0) is 61.2 Å². The van der Waals surface area contributed by atoms with Crippen LogP contribution in [0.2, 0.25) is 0 Å². The molecular formula is C26H27N5O3. The molecule has 1 unspecified atom stereocenters. The van der Waals surface area contributed by atoms with Gasteiger partial charge in [0.25, 0.3) is 0 Å². The van der Waals surface area contributed by atoms with E-state index in [0.717, 1.165) is 47.0 Å². The Morgan fingerprint density at radius 3 is 2.59 bits per heavy atom. The van der Waals surface area contributed by atoms with Crippen molar-refractivity contribution in [2.75, 3.05) is 14.2 Å². The van der Waals surface area contributed by atoms with Crippen LogP contribution in [0.5, 0.6) is 11.5 Å². The van der Waals surface area contributed by atoms with Crippen molar-refractivity contribution in [3.63, 3.8) is 0 Å². The van der Waals surface area contributed by atoms with Crippen LogP contribution in [0, 0.1) is 6.92 Å². The lowest BCUT2D eigenvalue weighted by atomic mass is 9.86. The third-order valence-corrected chi connectivity index (χ3v) is 6.15. The van der Waals surface area contributed by atoms with Crippen LogP contribution in [-0.2, 0) is 12.1 Å². The van der Waals surface area contributed by atoms with Crippen LogP contribution in [0.25, 0.3) is 17.8 Å². The predicted molar refractivity (Wildman–Crippen MR) is 129 cm³/mol. The van der Waals surface area contributed by atoms with Crippen molar-refractivity contribution < 1.29 is 14.6 Å². The number of imidazole rings is 1. The van der Waals surface area contributed by atoms with Gasteiger partial charge in [-0.2, -0.15) is 5.10 Å². The Labute approximate surface area is 198 Å². The molecule has 2 aromatic carbocycles.